The molecule has 0 saturated carbocycles. The summed E-state index contributed by atoms with van der Waals surface area (Å²) >= 11 is 0. The summed E-state index contributed by atoms with van der Waals surface area (Å²) in [4.78, 5) is 34.6. The molecule has 0 atom stereocenters. The number of non-ortho nitro benzene ring substituents is 1. The molecule has 0 aliphatic rings. The minimum absolute atomic E-state index is 0.120. The number of esters is 1. The zero-order valence-electron chi connectivity index (χ0n) is 20.7. The van der Waals surface area contributed by atoms with E-state index in [1.54, 1.807) is 49.6 Å². The quantitative estimate of drug-likeness (QED) is 0.172. The first-order valence-electron chi connectivity index (χ1n) is 11.4. The fourth-order valence-electron chi connectivity index (χ4n) is 3.16. The molecule has 0 aliphatic heterocycles. The molecule has 0 aliphatic carbocycles. The number of nitro benzene ring substituents is 1. The molecule has 0 heterocycles. The highest BCUT2D eigenvalue weighted by atomic mass is 16.6. The van der Waals surface area contributed by atoms with Gasteiger partial charge in [0.1, 0.15) is 18.1 Å². The van der Waals surface area contributed by atoms with Crippen molar-refractivity contribution >= 4 is 23.8 Å². The normalized spacial score (nSPS) is 10.8. The third kappa shape index (κ3) is 7.89. The Morgan fingerprint density at radius 1 is 1.05 bits per heavy atom. The van der Waals surface area contributed by atoms with Crippen molar-refractivity contribution in [2.24, 2.45) is 11.0 Å². The molecule has 0 spiro atoms. The number of hydrogen-bond donors (Lipinski definition) is 1. The van der Waals surface area contributed by atoms with Crippen molar-refractivity contribution < 1.29 is 28.7 Å². The van der Waals surface area contributed by atoms with E-state index in [0.717, 1.165) is 5.56 Å². The number of nitrogens with zero attached hydrogens (tertiary/aromatic N) is 2. The van der Waals surface area contributed by atoms with E-state index in [1.165, 1.54) is 30.5 Å². The van der Waals surface area contributed by atoms with Crippen LogP contribution in [0.2, 0.25) is 0 Å². The van der Waals surface area contributed by atoms with Crippen LogP contribution in [-0.4, -0.2) is 36.7 Å². The number of carbonyl (C=O) groups is 2. The smallest absolute Gasteiger partial charge is 0.338 e. The molecule has 3 aromatic carbocycles. The Morgan fingerprint density at radius 2 is 1.81 bits per heavy atom. The van der Waals surface area contributed by atoms with Crippen LogP contribution in [0.5, 0.6) is 11.5 Å². The van der Waals surface area contributed by atoms with Gasteiger partial charge >= 0.3 is 5.97 Å². The Balaban J connectivity index is 1.62. The first-order valence-corrected chi connectivity index (χ1v) is 11.4. The fourth-order valence-corrected chi connectivity index (χ4v) is 3.16. The van der Waals surface area contributed by atoms with Gasteiger partial charge in [0, 0.05) is 23.3 Å². The maximum atomic E-state index is 12.3. The molecule has 0 fully saturated rings. The molecule has 0 aromatic heterocycles. The van der Waals surface area contributed by atoms with Gasteiger partial charge in [-0.15, -0.1) is 0 Å². The Bertz CT molecular complexity index is 1290. The molecule has 0 saturated heterocycles. The minimum atomic E-state index is -0.575. The van der Waals surface area contributed by atoms with E-state index in [2.05, 4.69) is 10.5 Å². The van der Waals surface area contributed by atoms with Gasteiger partial charge in [-0.05, 0) is 60.0 Å². The van der Waals surface area contributed by atoms with Gasteiger partial charge in [0.2, 0.25) is 0 Å². The van der Waals surface area contributed by atoms with Gasteiger partial charge in [0.25, 0.3) is 11.6 Å². The largest absolute Gasteiger partial charge is 0.496 e. The van der Waals surface area contributed by atoms with Crippen LogP contribution in [0.1, 0.15) is 45.7 Å². The van der Waals surface area contributed by atoms with Crippen LogP contribution in [0.3, 0.4) is 0 Å². The number of amides is 1. The molecule has 0 unspecified atom stereocenters. The lowest BCUT2D eigenvalue weighted by atomic mass is 10.1. The van der Waals surface area contributed by atoms with Gasteiger partial charge in [0.05, 0.1) is 30.4 Å². The van der Waals surface area contributed by atoms with Crippen LogP contribution in [0.15, 0.2) is 71.8 Å². The molecule has 192 valence electrons. The maximum absolute atomic E-state index is 12.3. The van der Waals surface area contributed by atoms with Crippen LogP contribution in [0, 0.1) is 16.0 Å². The van der Waals surface area contributed by atoms with E-state index in [4.69, 9.17) is 14.2 Å². The first-order chi connectivity index (χ1) is 17.8. The highest BCUT2D eigenvalue weighted by molar-refractivity contribution is 5.95. The van der Waals surface area contributed by atoms with Crippen molar-refractivity contribution in [2.75, 3.05) is 13.7 Å². The number of carbonyl (C=O) groups excluding carboxylic acids is 2. The Labute approximate surface area is 214 Å². The van der Waals surface area contributed by atoms with Crippen LogP contribution < -0.4 is 14.9 Å². The molecular formula is C27H27N3O7. The number of hydrogen-bond acceptors (Lipinski definition) is 8. The average molecular weight is 506 g/mol. The fraction of sp³-hybridized carbons (Fsp3) is 0.222. The molecule has 1 amide bonds. The van der Waals surface area contributed by atoms with Crippen LogP contribution in [0.4, 0.5) is 5.69 Å². The van der Waals surface area contributed by atoms with E-state index in [0.29, 0.717) is 29.2 Å². The standard InChI is InChI=1S/C27H27N3O7/c1-18(2)16-37-27(32)20-8-10-24(11-9-20)36-17-22-13-19(7-12-25(22)35-3)15-28-29-26(31)21-5-4-6-23(14-21)30(33)34/h4-15,18H,16-17H2,1-3H3,(H,29,31)/b28-15-. The van der Waals surface area contributed by atoms with Gasteiger partial charge in [0.15, 0.2) is 0 Å². The summed E-state index contributed by atoms with van der Waals surface area (Å²) < 4.78 is 16.5. The monoisotopic (exact) mass is 505 g/mol. The summed E-state index contributed by atoms with van der Waals surface area (Å²) in [5, 5.41) is 14.8. The number of hydrazone groups is 1. The summed E-state index contributed by atoms with van der Waals surface area (Å²) in [6.07, 6.45) is 1.44. The number of nitro groups is 1. The predicted molar refractivity (Wildman–Crippen MR) is 137 cm³/mol. The van der Waals surface area contributed by atoms with Crippen molar-refractivity contribution in [2.45, 2.75) is 20.5 Å². The van der Waals surface area contributed by atoms with Crippen molar-refractivity contribution in [1.29, 1.82) is 0 Å². The van der Waals surface area contributed by atoms with Gasteiger partial charge in [-0.3, -0.25) is 14.9 Å². The molecule has 10 nitrogen and oxygen atoms in total. The third-order valence-electron chi connectivity index (χ3n) is 5.04. The van der Waals surface area contributed by atoms with Crippen LogP contribution >= 0.6 is 0 Å². The molecule has 3 aromatic rings. The second kappa shape index (κ2) is 12.8. The van der Waals surface area contributed by atoms with Gasteiger partial charge in [-0.1, -0.05) is 19.9 Å². The lowest BCUT2D eigenvalue weighted by Gasteiger charge is -2.12. The summed E-state index contributed by atoms with van der Waals surface area (Å²) in [7, 11) is 1.55. The topological polar surface area (TPSA) is 129 Å². The third-order valence-corrected chi connectivity index (χ3v) is 5.04. The van der Waals surface area contributed by atoms with E-state index in [9.17, 15) is 19.7 Å². The zero-order valence-corrected chi connectivity index (χ0v) is 20.7. The summed E-state index contributed by atoms with van der Waals surface area (Å²) in [6, 6.07) is 17.3. The Morgan fingerprint density at radius 3 is 2.49 bits per heavy atom. The summed E-state index contributed by atoms with van der Waals surface area (Å²) in [6.45, 7) is 4.47. The Kier molecular flexibility index (Phi) is 9.31. The average Bonchev–Trinajstić information content (AvgIpc) is 2.90. The molecular weight excluding hydrogens is 478 g/mol. The second-order valence-electron chi connectivity index (χ2n) is 8.38. The minimum Gasteiger partial charge on any atom is -0.496 e. The SMILES string of the molecule is COc1ccc(/C=N\NC(=O)c2cccc([N+](=O)[O-])c2)cc1COc1ccc(C(=O)OCC(C)C)cc1. The maximum Gasteiger partial charge on any atom is 0.338 e. The molecule has 1 N–H and O–H groups in total. The number of nitrogens with one attached hydrogen (secondary N) is 1. The summed E-state index contributed by atoms with van der Waals surface area (Å²) in [5.74, 6) is 0.462. The van der Waals surface area contributed by atoms with E-state index in [1.807, 2.05) is 13.8 Å². The predicted octanol–water partition coefficient (Wildman–Crippen LogP) is 4.76. The van der Waals surface area contributed by atoms with E-state index < -0.39 is 10.8 Å². The van der Waals surface area contributed by atoms with Crippen molar-refractivity contribution in [1.82, 2.24) is 5.43 Å². The summed E-state index contributed by atoms with van der Waals surface area (Å²) in [5.41, 5.74) is 4.14. The molecule has 37 heavy (non-hydrogen) atoms. The highest BCUT2D eigenvalue weighted by Gasteiger charge is 2.12. The number of benzene rings is 3. The van der Waals surface area contributed by atoms with Gasteiger partial charge in [-0.2, -0.15) is 5.10 Å². The van der Waals surface area contributed by atoms with E-state index in [-0.39, 0.29) is 29.7 Å². The van der Waals surface area contributed by atoms with Gasteiger partial charge in [-0.25, -0.2) is 10.2 Å². The van der Waals surface area contributed by atoms with Crippen LogP contribution in [0.25, 0.3) is 0 Å². The highest BCUT2D eigenvalue weighted by Crippen LogP contribution is 2.22. The zero-order chi connectivity index (χ0) is 26.8. The van der Waals surface area contributed by atoms with Crippen LogP contribution in [-0.2, 0) is 11.3 Å². The van der Waals surface area contributed by atoms with Gasteiger partial charge < -0.3 is 14.2 Å². The lowest BCUT2D eigenvalue weighted by molar-refractivity contribution is -0.384. The van der Waals surface area contributed by atoms with E-state index >= 15 is 0 Å². The number of ether oxygens (including phenoxy) is 3. The molecule has 10 heteroatoms. The Hall–Kier alpha value is -4.73. The molecule has 0 bridgehead atoms. The van der Waals surface area contributed by atoms with Crippen molar-refractivity contribution in [3.63, 3.8) is 0 Å². The first kappa shape index (κ1) is 26.9. The number of methoxy groups -OCH3 is 1. The molecule has 0 radical (unpaired) electrons. The number of rotatable bonds is 11. The lowest BCUT2D eigenvalue weighted by Crippen LogP contribution is -2.17. The van der Waals surface area contributed by atoms with Crippen molar-refractivity contribution in [3.8, 4) is 11.5 Å². The molecule has 3 rings (SSSR count). The van der Waals surface area contributed by atoms with Crippen molar-refractivity contribution in [3.05, 3.63) is 99.1 Å². The second-order valence-corrected chi connectivity index (χ2v) is 8.38.